The van der Waals surface area contributed by atoms with Crippen molar-refractivity contribution in [2.45, 2.75) is 13.3 Å². The van der Waals surface area contributed by atoms with Gasteiger partial charge in [0.15, 0.2) is 0 Å². The standard InChI is InChI=1S/C10H12N2S/c1-7-12-9-4-2-3-8(5-6-11)10(9)13-7/h2-4H,5-6,11H2,1H3. The molecular weight excluding hydrogens is 180 g/mol. The third-order valence-corrected chi connectivity index (χ3v) is 3.08. The van der Waals surface area contributed by atoms with Crippen molar-refractivity contribution in [3.8, 4) is 0 Å². The maximum Gasteiger partial charge on any atom is 0.0907 e. The first-order valence-corrected chi connectivity index (χ1v) is 5.18. The van der Waals surface area contributed by atoms with E-state index < -0.39 is 0 Å². The average molecular weight is 192 g/mol. The summed E-state index contributed by atoms with van der Waals surface area (Å²) in [5, 5.41) is 1.12. The van der Waals surface area contributed by atoms with E-state index in [0.29, 0.717) is 6.54 Å². The summed E-state index contributed by atoms with van der Waals surface area (Å²) in [5.74, 6) is 0. The molecule has 1 heterocycles. The summed E-state index contributed by atoms with van der Waals surface area (Å²) < 4.78 is 1.30. The zero-order valence-electron chi connectivity index (χ0n) is 7.58. The lowest BCUT2D eigenvalue weighted by Crippen LogP contribution is -2.02. The van der Waals surface area contributed by atoms with Gasteiger partial charge in [-0.25, -0.2) is 4.98 Å². The number of hydrogen-bond acceptors (Lipinski definition) is 3. The third kappa shape index (κ3) is 1.57. The number of aromatic nitrogens is 1. The minimum absolute atomic E-state index is 0.704. The van der Waals surface area contributed by atoms with Gasteiger partial charge in [0.1, 0.15) is 0 Å². The fourth-order valence-corrected chi connectivity index (χ4v) is 2.43. The molecule has 1 aromatic heterocycles. The number of benzene rings is 1. The molecule has 0 amide bonds. The van der Waals surface area contributed by atoms with Crippen molar-refractivity contribution in [3.05, 3.63) is 28.8 Å². The first-order chi connectivity index (χ1) is 6.31. The van der Waals surface area contributed by atoms with Crippen molar-refractivity contribution < 1.29 is 0 Å². The maximum absolute atomic E-state index is 5.54. The minimum atomic E-state index is 0.704. The van der Waals surface area contributed by atoms with Crippen LogP contribution in [0.15, 0.2) is 18.2 Å². The number of hydrogen-bond donors (Lipinski definition) is 1. The highest BCUT2D eigenvalue weighted by Crippen LogP contribution is 2.25. The van der Waals surface area contributed by atoms with Crippen LogP contribution in [0, 0.1) is 6.92 Å². The Morgan fingerprint density at radius 1 is 1.46 bits per heavy atom. The van der Waals surface area contributed by atoms with Crippen LogP contribution < -0.4 is 5.73 Å². The zero-order chi connectivity index (χ0) is 9.26. The van der Waals surface area contributed by atoms with E-state index in [1.165, 1.54) is 10.3 Å². The lowest BCUT2D eigenvalue weighted by molar-refractivity contribution is 0.979. The molecule has 0 aliphatic carbocycles. The highest BCUT2D eigenvalue weighted by Gasteiger charge is 2.03. The smallest absolute Gasteiger partial charge is 0.0907 e. The van der Waals surface area contributed by atoms with E-state index >= 15 is 0 Å². The Morgan fingerprint density at radius 2 is 2.31 bits per heavy atom. The second-order valence-electron chi connectivity index (χ2n) is 3.04. The van der Waals surface area contributed by atoms with Crippen LogP contribution in [-0.4, -0.2) is 11.5 Å². The Hall–Kier alpha value is -0.930. The van der Waals surface area contributed by atoms with Gasteiger partial charge in [-0.05, 0) is 31.5 Å². The second-order valence-corrected chi connectivity index (χ2v) is 4.24. The van der Waals surface area contributed by atoms with Crippen molar-refractivity contribution in [1.82, 2.24) is 4.98 Å². The average Bonchev–Trinajstić information content (AvgIpc) is 2.47. The molecule has 0 saturated carbocycles. The molecule has 0 aliphatic rings. The quantitative estimate of drug-likeness (QED) is 0.791. The van der Waals surface area contributed by atoms with Crippen LogP contribution in [-0.2, 0) is 6.42 Å². The topological polar surface area (TPSA) is 38.9 Å². The van der Waals surface area contributed by atoms with Crippen LogP contribution in [0.3, 0.4) is 0 Å². The molecule has 0 atom stereocenters. The Morgan fingerprint density at radius 3 is 3.08 bits per heavy atom. The summed E-state index contributed by atoms with van der Waals surface area (Å²) in [4.78, 5) is 4.43. The van der Waals surface area contributed by atoms with Crippen LogP contribution in [0.4, 0.5) is 0 Å². The van der Waals surface area contributed by atoms with E-state index in [0.717, 1.165) is 16.9 Å². The van der Waals surface area contributed by atoms with Crippen molar-refractivity contribution >= 4 is 21.6 Å². The Balaban J connectivity index is 2.60. The highest BCUT2D eigenvalue weighted by molar-refractivity contribution is 7.18. The van der Waals surface area contributed by atoms with Crippen molar-refractivity contribution in [2.24, 2.45) is 5.73 Å². The molecule has 3 heteroatoms. The summed E-state index contributed by atoms with van der Waals surface area (Å²) in [5.41, 5.74) is 7.97. The molecule has 0 bridgehead atoms. The van der Waals surface area contributed by atoms with Gasteiger partial charge in [0, 0.05) is 0 Å². The molecule has 0 fully saturated rings. The van der Waals surface area contributed by atoms with E-state index in [4.69, 9.17) is 5.73 Å². The van der Waals surface area contributed by atoms with Crippen LogP contribution in [0.1, 0.15) is 10.6 Å². The normalized spacial score (nSPS) is 10.9. The SMILES string of the molecule is Cc1nc2cccc(CCN)c2s1. The Bertz CT molecular complexity index is 420. The fraction of sp³-hybridized carbons (Fsp3) is 0.300. The highest BCUT2D eigenvalue weighted by atomic mass is 32.1. The molecule has 13 heavy (non-hydrogen) atoms. The molecule has 2 aromatic rings. The van der Waals surface area contributed by atoms with E-state index in [9.17, 15) is 0 Å². The van der Waals surface area contributed by atoms with Crippen LogP contribution in [0.5, 0.6) is 0 Å². The summed E-state index contributed by atoms with van der Waals surface area (Å²) >= 11 is 1.75. The Kier molecular flexibility index (Phi) is 2.29. The monoisotopic (exact) mass is 192 g/mol. The van der Waals surface area contributed by atoms with Crippen molar-refractivity contribution in [3.63, 3.8) is 0 Å². The number of nitrogens with two attached hydrogens (primary N) is 1. The largest absolute Gasteiger partial charge is 0.330 e. The van der Waals surface area contributed by atoms with Gasteiger partial charge in [-0.15, -0.1) is 11.3 Å². The Labute approximate surface area is 81.4 Å². The lowest BCUT2D eigenvalue weighted by atomic mass is 10.1. The van der Waals surface area contributed by atoms with Gasteiger partial charge in [-0.2, -0.15) is 0 Å². The lowest BCUT2D eigenvalue weighted by Gasteiger charge is -1.98. The van der Waals surface area contributed by atoms with Gasteiger partial charge >= 0.3 is 0 Å². The predicted octanol–water partition coefficient (Wildman–Crippen LogP) is 2.11. The number of fused-ring (bicyclic) bond motifs is 1. The van der Waals surface area contributed by atoms with Gasteiger partial charge in [0.25, 0.3) is 0 Å². The van der Waals surface area contributed by atoms with Gasteiger partial charge in [-0.1, -0.05) is 12.1 Å². The molecule has 2 rings (SSSR count). The summed E-state index contributed by atoms with van der Waals surface area (Å²) in [6.07, 6.45) is 0.943. The van der Waals surface area contributed by atoms with E-state index in [1.54, 1.807) is 11.3 Å². The minimum Gasteiger partial charge on any atom is -0.330 e. The van der Waals surface area contributed by atoms with Gasteiger partial charge in [0.2, 0.25) is 0 Å². The molecule has 0 saturated heterocycles. The fourth-order valence-electron chi connectivity index (χ4n) is 1.47. The van der Waals surface area contributed by atoms with Gasteiger partial charge in [0.05, 0.1) is 15.2 Å². The summed E-state index contributed by atoms with van der Waals surface area (Å²) in [7, 11) is 0. The number of aryl methyl sites for hydroxylation is 1. The van der Waals surface area contributed by atoms with E-state index in [2.05, 4.69) is 17.1 Å². The van der Waals surface area contributed by atoms with E-state index in [1.807, 2.05) is 13.0 Å². The number of thiazole rings is 1. The molecule has 2 nitrogen and oxygen atoms in total. The first-order valence-electron chi connectivity index (χ1n) is 4.36. The second kappa shape index (κ2) is 3.44. The van der Waals surface area contributed by atoms with Gasteiger partial charge in [-0.3, -0.25) is 0 Å². The summed E-state index contributed by atoms with van der Waals surface area (Å²) in [6, 6.07) is 6.23. The third-order valence-electron chi connectivity index (χ3n) is 2.02. The maximum atomic E-state index is 5.54. The molecule has 0 unspecified atom stereocenters. The number of rotatable bonds is 2. The van der Waals surface area contributed by atoms with Crippen molar-refractivity contribution in [1.29, 1.82) is 0 Å². The van der Waals surface area contributed by atoms with Crippen LogP contribution >= 0.6 is 11.3 Å². The first kappa shape index (κ1) is 8.66. The van der Waals surface area contributed by atoms with Gasteiger partial charge < -0.3 is 5.73 Å². The molecule has 0 spiro atoms. The molecule has 0 radical (unpaired) electrons. The van der Waals surface area contributed by atoms with Crippen LogP contribution in [0.25, 0.3) is 10.2 Å². The molecular formula is C10H12N2S. The van der Waals surface area contributed by atoms with Crippen molar-refractivity contribution in [2.75, 3.05) is 6.54 Å². The molecule has 0 aliphatic heterocycles. The summed E-state index contributed by atoms with van der Waals surface area (Å²) in [6.45, 7) is 2.74. The number of nitrogens with zero attached hydrogens (tertiary/aromatic N) is 1. The predicted molar refractivity (Wildman–Crippen MR) is 57.1 cm³/mol. The molecule has 68 valence electrons. The van der Waals surface area contributed by atoms with Crippen LogP contribution in [0.2, 0.25) is 0 Å². The van der Waals surface area contributed by atoms with E-state index in [-0.39, 0.29) is 0 Å². The molecule has 1 aromatic carbocycles. The zero-order valence-corrected chi connectivity index (χ0v) is 8.40. The molecule has 2 N–H and O–H groups in total.